The number of aromatic nitrogens is 2. The number of nitrogens with one attached hydrogen (secondary N) is 2. The fraction of sp³-hybridized carbons (Fsp3) is 0.423. The Labute approximate surface area is 191 Å². The summed E-state index contributed by atoms with van der Waals surface area (Å²) < 4.78 is 16.8. The third kappa shape index (κ3) is 3.24. The number of hydrogen-bond acceptors (Lipinski definition) is 4. The Hall–Kier alpha value is -3.24. The van der Waals surface area contributed by atoms with Gasteiger partial charge < -0.3 is 10.6 Å². The first kappa shape index (κ1) is 20.4. The first-order valence-electron chi connectivity index (χ1n) is 11.6. The fourth-order valence-electron chi connectivity index (χ4n) is 6.45. The van der Waals surface area contributed by atoms with Crippen LogP contribution in [0.25, 0.3) is 22.0 Å². The summed E-state index contributed by atoms with van der Waals surface area (Å²) in [6.45, 7) is 2.26. The summed E-state index contributed by atoms with van der Waals surface area (Å²) in [7, 11) is 1.89. The average molecular weight is 444 g/mol. The van der Waals surface area contributed by atoms with Crippen LogP contribution in [0.1, 0.15) is 18.9 Å². The standard InChI is InChI=1S/C26H26FN5O/c1-13-23-19-10-21(24(13)23)31-25(19)26(33)30-18(11-28)8-16-4-3-15(9-20(16)27)14-5-6-22-17(7-14)12-29-32(22)2/h3-7,9,12-13,18-19,21,23-25,31H,8,10H2,1-2H3,(H,30,33)/t13?,18-,19?,21?,23?,24?,25?/m0/s1. The van der Waals surface area contributed by atoms with Gasteiger partial charge in [-0.15, -0.1) is 0 Å². The van der Waals surface area contributed by atoms with Crippen LogP contribution in [0.5, 0.6) is 0 Å². The third-order valence-corrected chi connectivity index (χ3v) is 8.14. The van der Waals surface area contributed by atoms with E-state index >= 15 is 0 Å². The minimum atomic E-state index is -0.766. The Kier molecular flexibility index (Phi) is 4.56. The van der Waals surface area contributed by atoms with Crippen molar-refractivity contribution in [2.24, 2.45) is 30.7 Å². The van der Waals surface area contributed by atoms with Crippen molar-refractivity contribution in [2.75, 3.05) is 0 Å². The van der Waals surface area contributed by atoms with Gasteiger partial charge in [-0.25, -0.2) is 4.39 Å². The van der Waals surface area contributed by atoms with Crippen molar-refractivity contribution in [3.05, 3.63) is 54.0 Å². The molecule has 0 spiro atoms. The average Bonchev–Trinajstić information content (AvgIpc) is 3.16. The molecule has 7 atom stereocenters. The highest BCUT2D eigenvalue weighted by atomic mass is 19.1. The lowest BCUT2D eigenvalue weighted by Gasteiger charge is -2.23. The number of halogens is 1. The van der Waals surface area contributed by atoms with Crippen LogP contribution in [-0.4, -0.2) is 33.8 Å². The Bertz CT molecular complexity index is 1310. The van der Waals surface area contributed by atoms with E-state index in [9.17, 15) is 14.4 Å². The summed E-state index contributed by atoms with van der Waals surface area (Å²) >= 11 is 0. The molecule has 2 saturated carbocycles. The van der Waals surface area contributed by atoms with Gasteiger partial charge in [0.2, 0.25) is 5.91 Å². The van der Waals surface area contributed by atoms with Crippen molar-refractivity contribution in [3.63, 3.8) is 0 Å². The van der Waals surface area contributed by atoms with Crippen molar-refractivity contribution < 1.29 is 9.18 Å². The molecule has 3 aliphatic rings. The molecule has 1 saturated heterocycles. The molecule has 2 heterocycles. The van der Waals surface area contributed by atoms with E-state index < -0.39 is 6.04 Å². The second kappa shape index (κ2) is 7.39. The van der Waals surface area contributed by atoms with E-state index in [1.807, 2.05) is 31.3 Å². The molecule has 2 aromatic carbocycles. The van der Waals surface area contributed by atoms with Crippen LogP contribution in [0, 0.1) is 40.8 Å². The van der Waals surface area contributed by atoms with Crippen LogP contribution in [0.15, 0.2) is 42.6 Å². The second-order valence-corrected chi connectivity index (χ2v) is 9.91. The van der Waals surface area contributed by atoms with Gasteiger partial charge in [-0.1, -0.05) is 25.1 Å². The van der Waals surface area contributed by atoms with Gasteiger partial charge in [0.05, 0.1) is 23.8 Å². The predicted molar refractivity (Wildman–Crippen MR) is 122 cm³/mol. The van der Waals surface area contributed by atoms with Gasteiger partial charge in [0.1, 0.15) is 11.9 Å². The molecule has 1 amide bonds. The molecule has 33 heavy (non-hydrogen) atoms. The molecule has 3 fully saturated rings. The van der Waals surface area contributed by atoms with Crippen molar-refractivity contribution >= 4 is 16.8 Å². The molecule has 3 aromatic rings. The lowest BCUT2D eigenvalue weighted by atomic mass is 9.94. The molecule has 6 rings (SSSR count). The fourth-order valence-corrected chi connectivity index (χ4v) is 6.45. The quantitative estimate of drug-likeness (QED) is 0.635. The monoisotopic (exact) mass is 443 g/mol. The first-order valence-corrected chi connectivity index (χ1v) is 11.6. The number of carbonyl (C=O) groups excluding carboxylic acids is 1. The number of carbonyl (C=O) groups is 1. The summed E-state index contributed by atoms with van der Waals surface area (Å²) in [6.07, 6.45) is 2.98. The van der Waals surface area contributed by atoms with Gasteiger partial charge in [-0.3, -0.25) is 9.48 Å². The number of amides is 1. The third-order valence-electron chi connectivity index (χ3n) is 8.14. The van der Waals surface area contributed by atoms with Crippen LogP contribution < -0.4 is 10.6 Å². The molecule has 2 N–H and O–H groups in total. The summed E-state index contributed by atoms with van der Waals surface area (Å²) in [6, 6.07) is 12.5. The topological polar surface area (TPSA) is 82.7 Å². The second-order valence-electron chi connectivity index (χ2n) is 9.91. The smallest absolute Gasteiger partial charge is 0.238 e. The van der Waals surface area contributed by atoms with Gasteiger partial charge in [0.25, 0.3) is 0 Å². The first-order chi connectivity index (χ1) is 15.9. The van der Waals surface area contributed by atoms with Crippen molar-refractivity contribution in [2.45, 2.75) is 37.9 Å². The number of nitrogens with zero attached hydrogens (tertiary/aromatic N) is 3. The Morgan fingerprint density at radius 1 is 1.30 bits per heavy atom. The van der Waals surface area contributed by atoms with Gasteiger partial charge in [0.15, 0.2) is 0 Å². The lowest BCUT2D eigenvalue weighted by Crippen LogP contribution is -2.51. The van der Waals surface area contributed by atoms with Gasteiger partial charge in [-0.2, -0.15) is 10.4 Å². The molecule has 0 radical (unpaired) electrons. The normalized spacial score (nSPS) is 30.1. The maximum Gasteiger partial charge on any atom is 0.238 e. The SMILES string of the molecule is CC1C2C3CC(C(C(=O)N[C@H](C#N)Cc4ccc(-c5ccc6c(cnn6C)c5)cc4F)N3)C12. The molecule has 168 valence electrons. The summed E-state index contributed by atoms with van der Waals surface area (Å²) in [5.74, 6) is 1.91. The van der Waals surface area contributed by atoms with Gasteiger partial charge in [0, 0.05) is 24.9 Å². The Morgan fingerprint density at radius 2 is 2.09 bits per heavy atom. The van der Waals surface area contributed by atoms with Crippen LogP contribution in [-0.2, 0) is 18.3 Å². The number of fused-ring (bicyclic) bond motifs is 6. The maximum atomic E-state index is 15.0. The summed E-state index contributed by atoms with van der Waals surface area (Å²) in [5.41, 5.74) is 3.10. The van der Waals surface area contributed by atoms with Crippen molar-refractivity contribution in [3.8, 4) is 17.2 Å². The Morgan fingerprint density at radius 3 is 2.85 bits per heavy atom. The number of benzene rings is 2. The van der Waals surface area contributed by atoms with E-state index in [1.54, 1.807) is 16.9 Å². The molecule has 1 aliphatic heterocycles. The minimum Gasteiger partial charge on any atom is -0.339 e. The van der Waals surface area contributed by atoms with Crippen molar-refractivity contribution in [1.82, 2.24) is 20.4 Å². The van der Waals surface area contributed by atoms with E-state index in [0.717, 1.165) is 34.4 Å². The predicted octanol–water partition coefficient (Wildman–Crippen LogP) is 3.17. The van der Waals surface area contributed by atoms with Crippen LogP contribution >= 0.6 is 0 Å². The van der Waals surface area contributed by atoms with Crippen LogP contribution in [0.2, 0.25) is 0 Å². The van der Waals surface area contributed by atoms with Crippen LogP contribution in [0.3, 0.4) is 0 Å². The largest absolute Gasteiger partial charge is 0.339 e. The highest BCUT2D eigenvalue weighted by Gasteiger charge is 2.67. The zero-order chi connectivity index (χ0) is 22.9. The van der Waals surface area contributed by atoms with Gasteiger partial charge in [-0.05, 0) is 65.0 Å². The number of piperidine rings is 1. The molecule has 2 bridgehead atoms. The molecular formula is C26H26FN5O. The molecular weight excluding hydrogens is 417 g/mol. The number of nitriles is 1. The minimum absolute atomic E-state index is 0.131. The van der Waals surface area contributed by atoms with Gasteiger partial charge >= 0.3 is 0 Å². The van der Waals surface area contributed by atoms with E-state index in [2.05, 4.69) is 28.7 Å². The Balaban J connectivity index is 1.15. The number of hydrogen-bond donors (Lipinski definition) is 2. The number of aryl methyl sites for hydroxylation is 1. The molecule has 1 aromatic heterocycles. The molecule has 7 heteroatoms. The zero-order valence-electron chi connectivity index (χ0n) is 18.6. The molecule has 2 aliphatic carbocycles. The maximum absolute atomic E-state index is 15.0. The van der Waals surface area contributed by atoms with Crippen molar-refractivity contribution in [1.29, 1.82) is 5.26 Å². The van der Waals surface area contributed by atoms with E-state index in [0.29, 0.717) is 29.4 Å². The molecule has 6 unspecified atom stereocenters. The summed E-state index contributed by atoms with van der Waals surface area (Å²) in [5, 5.41) is 21.2. The van der Waals surface area contributed by atoms with E-state index in [4.69, 9.17) is 0 Å². The molecule has 6 nitrogen and oxygen atoms in total. The number of rotatable bonds is 5. The van der Waals surface area contributed by atoms with E-state index in [1.165, 1.54) is 6.07 Å². The zero-order valence-corrected chi connectivity index (χ0v) is 18.6. The lowest BCUT2D eigenvalue weighted by molar-refractivity contribution is -0.124. The van der Waals surface area contributed by atoms with Crippen LogP contribution in [0.4, 0.5) is 4.39 Å². The van der Waals surface area contributed by atoms with E-state index in [-0.39, 0.29) is 24.2 Å². The highest BCUT2D eigenvalue weighted by Crippen LogP contribution is 2.64. The summed E-state index contributed by atoms with van der Waals surface area (Å²) in [4.78, 5) is 12.9. The highest BCUT2D eigenvalue weighted by molar-refractivity contribution is 5.85.